The Bertz CT molecular complexity index is 507. The summed E-state index contributed by atoms with van der Waals surface area (Å²) in [7, 11) is 0. The van der Waals surface area contributed by atoms with E-state index in [1.54, 1.807) is 0 Å². The number of ether oxygens (including phenoxy) is 1. The van der Waals surface area contributed by atoms with Crippen LogP contribution in [0.5, 0.6) is 0 Å². The number of nitrogens with zero attached hydrogens (tertiary/aromatic N) is 1. The van der Waals surface area contributed by atoms with Gasteiger partial charge >= 0.3 is 0 Å². The van der Waals surface area contributed by atoms with E-state index in [0.717, 1.165) is 5.69 Å². The van der Waals surface area contributed by atoms with E-state index in [-0.39, 0.29) is 6.23 Å². The number of hydrogen-bond donors (Lipinski definition) is 0. The van der Waals surface area contributed by atoms with Crippen molar-refractivity contribution in [1.29, 1.82) is 0 Å². The topological polar surface area (TPSA) is 14.2 Å². The third kappa shape index (κ3) is 2.58. The summed E-state index contributed by atoms with van der Waals surface area (Å²) in [6.07, 6.45) is 7.14. The quantitative estimate of drug-likeness (QED) is 0.728. The zero-order valence-electron chi connectivity index (χ0n) is 9.84. The molecule has 0 aliphatic carbocycles. The monoisotopic (exact) mass is 225 g/mol. The zero-order chi connectivity index (χ0) is 12.1. The van der Waals surface area contributed by atoms with Crippen LogP contribution in [0.2, 0.25) is 0 Å². The van der Waals surface area contributed by atoms with Gasteiger partial charge in [-0.25, -0.2) is 0 Å². The molecule has 0 spiro atoms. The van der Waals surface area contributed by atoms with Crippen molar-refractivity contribution in [2.75, 3.05) is 6.61 Å². The lowest BCUT2D eigenvalue weighted by atomic mass is 10.1. The van der Waals surface area contributed by atoms with Gasteiger partial charge in [-0.2, -0.15) is 0 Å². The maximum Gasteiger partial charge on any atom is 0.132 e. The van der Waals surface area contributed by atoms with Crippen molar-refractivity contribution in [3.63, 3.8) is 0 Å². The van der Waals surface area contributed by atoms with Crippen LogP contribution in [-0.2, 0) is 4.74 Å². The molecular weight excluding hydrogens is 210 g/mol. The molecular formula is C15H15NO. The second-order valence-electron chi connectivity index (χ2n) is 3.78. The first-order valence-corrected chi connectivity index (χ1v) is 5.60. The van der Waals surface area contributed by atoms with Crippen LogP contribution in [0.3, 0.4) is 0 Å². The standard InChI is InChI=1S/C15H15NO/c1-3-12-17-13(2)16-11-7-10-15(16)14-8-5-4-6-9-14/h1,4-11,13H,12H2,2H3. The second-order valence-corrected chi connectivity index (χ2v) is 3.78. The van der Waals surface area contributed by atoms with Crippen LogP contribution < -0.4 is 0 Å². The van der Waals surface area contributed by atoms with Crippen LogP contribution in [0, 0.1) is 12.3 Å². The van der Waals surface area contributed by atoms with Crippen molar-refractivity contribution in [2.45, 2.75) is 13.2 Å². The molecule has 0 amide bonds. The summed E-state index contributed by atoms with van der Waals surface area (Å²) in [5, 5.41) is 0. The fourth-order valence-electron chi connectivity index (χ4n) is 1.81. The number of benzene rings is 1. The smallest absolute Gasteiger partial charge is 0.132 e. The van der Waals surface area contributed by atoms with E-state index in [0.29, 0.717) is 6.61 Å². The lowest BCUT2D eigenvalue weighted by Gasteiger charge is -2.17. The normalized spacial score (nSPS) is 12.0. The highest BCUT2D eigenvalue weighted by molar-refractivity contribution is 5.59. The van der Waals surface area contributed by atoms with Crippen LogP contribution in [0.15, 0.2) is 48.7 Å². The Hall–Kier alpha value is -1.98. The molecule has 0 radical (unpaired) electrons. The summed E-state index contributed by atoms with van der Waals surface area (Å²) in [5.41, 5.74) is 2.31. The molecule has 1 aromatic carbocycles. The molecule has 1 atom stereocenters. The molecule has 2 nitrogen and oxygen atoms in total. The van der Waals surface area contributed by atoms with Crippen LogP contribution in [0.4, 0.5) is 0 Å². The van der Waals surface area contributed by atoms with Gasteiger partial charge < -0.3 is 9.30 Å². The van der Waals surface area contributed by atoms with Crippen molar-refractivity contribution in [3.05, 3.63) is 48.7 Å². The van der Waals surface area contributed by atoms with Gasteiger partial charge in [0, 0.05) is 6.20 Å². The summed E-state index contributed by atoms with van der Waals surface area (Å²) < 4.78 is 7.60. The molecule has 17 heavy (non-hydrogen) atoms. The van der Waals surface area contributed by atoms with Crippen LogP contribution in [0.1, 0.15) is 13.2 Å². The first-order chi connectivity index (χ1) is 8.33. The Kier molecular flexibility index (Phi) is 3.64. The first kappa shape index (κ1) is 11.5. The van der Waals surface area contributed by atoms with E-state index in [1.165, 1.54) is 5.56 Å². The van der Waals surface area contributed by atoms with Crippen LogP contribution >= 0.6 is 0 Å². The summed E-state index contributed by atoms with van der Waals surface area (Å²) in [6.45, 7) is 2.32. The molecule has 2 aromatic rings. The van der Waals surface area contributed by atoms with E-state index in [1.807, 2.05) is 37.4 Å². The van der Waals surface area contributed by atoms with Crippen molar-refractivity contribution in [2.24, 2.45) is 0 Å². The number of aromatic nitrogens is 1. The predicted octanol–water partition coefficient (Wildman–Crippen LogP) is 3.32. The van der Waals surface area contributed by atoms with Crippen molar-refractivity contribution in [3.8, 4) is 23.6 Å². The SMILES string of the molecule is C#CCOC(C)n1cccc1-c1ccccc1. The molecule has 0 saturated carbocycles. The van der Waals surface area contributed by atoms with Gasteiger partial charge in [0.1, 0.15) is 12.8 Å². The van der Waals surface area contributed by atoms with E-state index in [9.17, 15) is 0 Å². The highest BCUT2D eigenvalue weighted by atomic mass is 16.5. The van der Waals surface area contributed by atoms with Crippen molar-refractivity contribution in [1.82, 2.24) is 4.57 Å². The highest BCUT2D eigenvalue weighted by Gasteiger charge is 2.09. The molecule has 86 valence electrons. The number of terminal acetylenes is 1. The Morgan fingerprint density at radius 3 is 2.71 bits per heavy atom. The van der Waals surface area contributed by atoms with Crippen LogP contribution in [0.25, 0.3) is 11.3 Å². The minimum Gasteiger partial charge on any atom is -0.346 e. The average molecular weight is 225 g/mol. The molecule has 0 fully saturated rings. The lowest BCUT2D eigenvalue weighted by Crippen LogP contribution is -2.09. The number of rotatable bonds is 4. The summed E-state index contributed by atoms with van der Waals surface area (Å²) >= 11 is 0. The van der Waals surface area contributed by atoms with Gasteiger partial charge in [-0.3, -0.25) is 0 Å². The molecule has 0 aliphatic heterocycles. The van der Waals surface area contributed by atoms with E-state index in [2.05, 4.69) is 28.7 Å². The van der Waals surface area contributed by atoms with Crippen molar-refractivity contribution < 1.29 is 4.74 Å². The lowest BCUT2D eigenvalue weighted by molar-refractivity contribution is 0.0397. The first-order valence-electron chi connectivity index (χ1n) is 5.60. The average Bonchev–Trinajstić information content (AvgIpc) is 2.86. The van der Waals surface area contributed by atoms with Crippen LogP contribution in [-0.4, -0.2) is 11.2 Å². The third-order valence-electron chi connectivity index (χ3n) is 2.65. The maximum atomic E-state index is 5.52. The molecule has 0 bridgehead atoms. The molecule has 2 heteroatoms. The summed E-state index contributed by atoms with van der Waals surface area (Å²) in [4.78, 5) is 0. The predicted molar refractivity (Wildman–Crippen MR) is 69.4 cm³/mol. The highest BCUT2D eigenvalue weighted by Crippen LogP contribution is 2.23. The fraction of sp³-hybridized carbons (Fsp3) is 0.200. The van der Waals surface area contributed by atoms with E-state index < -0.39 is 0 Å². The Morgan fingerprint density at radius 1 is 1.24 bits per heavy atom. The number of hydrogen-bond acceptors (Lipinski definition) is 1. The van der Waals surface area contributed by atoms with Gasteiger partial charge in [0.2, 0.25) is 0 Å². The molecule has 1 unspecified atom stereocenters. The largest absolute Gasteiger partial charge is 0.346 e. The maximum absolute atomic E-state index is 5.52. The fourth-order valence-corrected chi connectivity index (χ4v) is 1.81. The van der Waals surface area contributed by atoms with E-state index >= 15 is 0 Å². The summed E-state index contributed by atoms with van der Waals surface area (Å²) in [5.74, 6) is 2.48. The minimum atomic E-state index is -0.0590. The third-order valence-corrected chi connectivity index (χ3v) is 2.65. The molecule has 0 N–H and O–H groups in total. The molecule has 0 aliphatic rings. The molecule has 2 rings (SSSR count). The minimum absolute atomic E-state index is 0.0590. The molecule has 0 saturated heterocycles. The van der Waals surface area contributed by atoms with Gasteiger partial charge in [-0.1, -0.05) is 36.3 Å². The molecule has 1 aromatic heterocycles. The Labute approximate surface area is 102 Å². The van der Waals surface area contributed by atoms with E-state index in [4.69, 9.17) is 11.2 Å². The molecule has 1 heterocycles. The van der Waals surface area contributed by atoms with Gasteiger partial charge in [0.25, 0.3) is 0 Å². The van der Waals surface area contributed by atoms with Gasteiger partial charge in [-0.05, 0) is 24.6 Å². The second kappa shape index (κ2) is 5.38. The Balaban J connectivity index is 2.26. The zero-order valence-corrected chi connectivity index (χ0v) is 9.84. The van der Waals surface area contributed by atoms with Gasteiger partial charge in [0.05, 0.1) is 5.69 Å². The van der Waals surface area contributed by atoms with Crippen molar-refractivity contribution >= 4 is 0 Å². The van der Waals surface area contributed by atoms with Gasteiger partial charge in [-0.15, -0.1) is 6.42 Å². The summed E-state index contributed by atoms with van der Waals surface area (Å²) in [6, 6.07) is 14.3. The Morgan fingerprint density at radius 2 is 2.00 bits per heavy atom. The van der Waals surface area contributed by atoms with Gasteiger partial charge in [0.15, 0.2) is 0 Å².